The lowest BCUT2D eigenvalue weighted by Gasteiger charge is -2.32. The lowest BCUT2D eigenvalue weighted by atomic mass is 9.87. The zero-order valence-electron chi connectivity index (χ0n) is 14.7. The Kier molecular flexibility index (Phi) is 4.74. The molecule has 0 aromatic heterocycles. The molecule has 2 fully saturated rings. The van der Waals surface area contributed by atoms with Crippen LogP contribution in [0.15, 0.2) is 54.6 Å². The van der Waals surface area contributed by atoms with Crippen LogP contribution in [-0.4, -0.2) is 43.7 Å². The first kappa shape index (κ1) is 17.2. The van der Waals surface area contributed by atoms with Crippen molar-refractivity contribution in [2.45, 2.75) is 13.0 Å². The van der Waals surface area contributed by atoms with Crippen molar-refractivity contribution in [3.05, 3.63) is 66.0 Å². The first-order valence-electron chi connectivity index (χ1n) is 9.04. The van der Waals surface area contributed by atoms with Crippen molar-refractivity contribution in [2.75, 3.05) is 37.7 Å². The van der Waals surface area contributed by atoms with Crippen LogP contribution in [0.4, 0.5) is 10.1 Å². The molecule has 5 heteroatoms. The average molecular weight is 354 g/mol. The van der Waals surface area contributed by atoms with Gasteiger partial charge in [-0.05, 0) is 31.2 Å². The molecule has 2 aliphatic heterocycles. The van der Waals surface area contributed by atoms with Gasteiger partial charge in [-0.2, -0.15) is 0 Å². The Hall–Kier alpha value is -2.24. The standard InChI is InChI=1S/C21H23FN2O2/c22-19-9-5-4-6-17(19)12-23-11-10-21(14-23)15-24(20(25)13-26-16-21)18-7-2-1-3-8-18/h1-9H,10-16H2. The molecule has 0 N–H and O–H groups in total. The van der Waals surface area contributed by atoms with Crippen molar-refractivity contribution in [1.82, 2.24) is 4.90 Å². The second-order valence-electron chi connectivity index (χ2n) is 7.36. The van der Waals surface area contributed by atoms with E-state index in [-0.39, 0.29) is 23.7 Å². The van der Waals surface area contributed by atoms with Gasteiger partial charge >= 0.3 is 0 Å². The molecule has 0 saturated carbocycles. The summed E-state index contributed by atoms with van der Waals surface area (Å²) in [6, 6.07) is 16.7. The number of amides is 1. The molecular weight excluding hydrogens is 331 g/mol. The van der Waals surface area contributed by atoms with Gasteiger partial charge in [0.15, 0.2) is 0 Å². The van der Waals surface area contributed by atoms with E-state index in [1.165, 1.54) is 6.07 Å². The third-order valence-corrected chi connectivity index (χ3v) is 5.37. The second-order valence-corrected chi connectivity index (χ2v) is 7.36. The average Bonchev–Trinajstić information content (AvgIpc) is 2.97. The normalized spacial score (nSPS) is 24.2. The SMILES string of the molecule is O=C1COCC2(CCN(Cc3ccccc3F)C2)CN1c1ccccc1. The topological polar surface area (TPSA) is 32.8 Å². The van der Waals surface area contributed by atoms with E-state index in [4.69, 9.17) is 4.74 Å². The van der Waals surface area contributed by atoms with E-state index in [9.17, 15) is 9.18 Å². The number of ether oxygens (including phenoxy) is 1. The molecule has 26 heavy (non-hydrogen) atoms. The molecule has 2 heterocycles. The van der Waals surface area contributed by atoms with E-state index in [2.05, 4.69) is 4.90 Å². The first-order chi connectivity index (χ1) is 12.7. The number of halogens is 1. The van der Waals surface area contributed by atoms with Crippen molar-refractivity contribution in [2.24, 2.45) is 5.41 Å². The number of carbonyl (C=O) groups is 1. The minimum atomic E-state index is -0.161. The number of hydrogen-bond acceptors (Lipinski definition) is 3. The highest BCUT2D eigenvalue weighted by Gasteiger charge is 2.43. The zero-order chi connectivity index (χ0) is 18.0. The number of rotatable bonds is 3. The predicted octanol–water partition coefficient (Wildman–Crippen LogP) is 3.08. The van der Waals surface area contributed by atoms with E-state index < -0.39 is 0 Å². The lowest BCUT2D eigenvalue weighted by molar-refractivity contribution is -0.122. The summed E-state index contributed by atoms with van der Waals surface area (Å²) in [5.41, 5.74) is 1.53. The Morgan fingerprint density at radius 2 is 1.81 bits per heavy atom. The van der Waals surface area contributed by atoms with Gasteiger partial charge in [0.05, 0.1) is 6.61 Å². The molecule has 4 rings (SSSR count). The van der Waals surface area contributed by atoms with E-state index in [1.807, 2.05) is 47.4 Å². The van der Waals surface area contributed by atoms with Crippen LogP contribution in [0, 0.1) is 11.2 Å². The van der Waals surface area contributed by atoms with Crippen LogP contribution in [0.1, 0.15) is 12.0 Å². The predicted molar refractivity (Wildman–Crippen MR) is 98.3 cm³/mol. The van der Waals surface area contributed by atoms with Gasteiger partial charge in [0.25, 0.3) is 5.91 Å². The minimum Gasteiger partial charge on any atom is -0.371 e. The fourth-order valence-electron chi connectivity index (χ4n) is 4.02. The molecule has 1 spiro atoms. The Morgan fingerprint density at radius 3 is 2.62 bits per heavy atom. The maximum Gasteiger partial charge on any atom is 0.252 e. The highest BCUT2D eigenvalue weighted by molar-refractivity contribution is 5.94. The van der Waals surface area contributed by atoms with Gasteiger partial charge in [-0.15, -0.1) is 0 Å². The summed E-state index contributed by atoms with van der Waals surface area (Å²) in [5.74, 6) is -0.160. The summed E-state index contributed by atoms with van der Waals surface area (Å²) in [6.45, 7) is 3.60. The molecule has 0 bridgehead atoms. The Morgan fingerprint density at radius 1 is 1.04 bits per heavy atom. The number of likely N-dealkylation sites (tertiary alicyclic amines) is 1. The van der Waals surface area contributed by atoms with Crippen LogP contribution in [-0.2, 0) is 16.1 Å². The summed E-state index contributed by atoms with van der Waals surface area (Å²) >= 11 is 0. The molecule has 4 nitrogen and oxygen atoms in total. The van der Waals surface area contributed by atoms with Gasteiger partial charge in [-0.3, -0.25) is 9.69 Å². The fraction of sp³-hybridized carbons (Fsp3) is 0.381. The van der Waals surface area contributed by atoms with E-state index >= 15 is 0 Å². The van der Waals surface area contributed by atoms with Crippen LogP contribution in [0.2, 0.25) is 0 Å². The quantitative estimate of drug-likeness (QED) is 0.849. The van der Waals surface area contributed by atoms with E-state index in [0.29, 0.717) is 19.7 Å². The van der Waals surface area contributed by atoms with Crippen molar-refractivity contribution in [3.8, 4) is 0 Å². The highest BCUT2D eigenvalue weighted by Crippen LogP contribution is 2.36. The van der Waals surface area contributed by atoms with Crippen molar-refractivity contribution >= 4 is 11.6 Å². The molecule has 2 aromatic rings. The summed E-state index contributed by atoms with van der Waals surface area (Å²) in [7, 11) is 0. The number of hydrogen-bond donors (Lipinski definition) is 0. The monoisotopic (exact) mass is 354 g/mol. The van der Waals surface area contributed by atoms with Crippen molar-refractivity contribution in [3.63, 3.8) is 0 Å². The van der Waals surface area contributed by atoms with Crippen molar-refractivity contribution in [1.29, 1.82) is 0 Å². The maximum atomic E-state index is 14.0. The molecule has 0 radical (unpaired) electrons. The largest absolute Gasteiger partial charge is 0.371 e. The van der Waals surface area contributed by atoms with Gasteiger partial charge in [-0.1, -0.05) is 36.4 Å². The maximum absolute atomic E-state index is 14.0. The molecule has 1 unspecified atom stereocenters. The third kappa shape index (κ3) is 3.50. The van der Waals surface area contributed by atoms with E-state index in [1.54, 1.807) is 6.07 Å². The second kappa shape index (κ2) is 7.17. The van der Waals surface area contributed by atoms with E-state index in [0.717, 1.165) is 30.8 Å². The van der Waals surface area contributed by atoms with Crippen LogP contribution < -0.4 is 4.90 Å². The number of carbonyl (C=O) groups excluding carboxylic acids is 1. The number of para-hydroxylation sites is 1. The molecular formula is C21H23FN2O2. The van der Waals surface area contributed by atoms with Crippen LogP contribution in [0.25, 0.3) is 0 Å². The Bertz CT molecular complexity index is 783. The smallest absolute Gasteiger partial charge is 0.252 e. The number of nitrogens with zero attached hydrogens (tertiary/aromatic N) is 2. The fourth-order valence-corrected chi connectivity index (χ4v) is 4.02. The minimum absolute atomic E-state index is 0.000582. The zero-order valence-corrected chi connectivity index (χ0v) is 14.7. The Balaban J connectivity index is 1.51. The van der Waals surface area contributed by atoms with Gasteiger partial charge in [0, 0.05) is 36.3 Å². The van der Waals surface area contributed by atoms with Crippen molar-refractivity contribution < 1.29 is 13.9 Å². The summed E-state index contributed by atoms with van der Waals surface area (Å²) in [4.78, 5) is 16.6. The number of anilines is 1. The molecule has 0 aliphatic carbocycles. The number of benzene rings is 2. The third-order valence-electron chi connectivity index (χ3n) is 5.37. The molecule has 2 aliphatic rings. The molecule has 2 aromatic carbocycles. The van der Waals surface area contributed by atoms with Crippen LogP contribution in [0.5, 0.6) is 0 Å². The highest BCUT2D eigenvalue weighted by atomic mass is 19.1. The van der Waals surface area contributed by atoms with Crippen LogP contribution in [0.3, 0.4) is 0 Å². The lowest BCUT2D eigenvalue weighted by Crippen LogP contribution is -2.42. The molecule has 1 atom stereocenters. The van der Waals surface area contributed by atoms with Gasteiger partial charge in [0.1, 0.15) is 12.4 Å². The summed E-state index contributed by atoms with van der Waals surface area (Å²) in [5, 5.41) is 0. The Labute approximate surface area is 153 Å². The summed E-state index contributed by atoms with van der Waals surface area (Å²) < 4.78 is 19.7. The summed E-state index contributed by atoms with van der Waals surface area (Å²) in [6.07, 6.45) is 0.943. The molecule has 2 saturated heterocycles. The first-order valence-corrected chi connectivity index (χ1v) is 9.04. The molecule has 136 valence electrons. The van der Waals surface area contributed by atoms with Gasteiger partial charge in [0.2, 0.25) is 0 Å². The van der Waals surface area contributed by atoms with Gasteiger partial charge < -0.3 is 9.64 Å². The van der Waals surface area contributed by atoms with Gasteiger partial charge in [-0.25, -0.2) is 4.39 Å². The molecule has 1 amide bonds. The van der Waals surface area contributed by atoms with Crippen LogP contribution >= 0.6 is 0 Å².